The second kappa shape index (κ2) is 7.27. The third-order valence-electron chi connectivity index (χ3n) is 2.18. The van der Waals surface area contributed by atoms with Crippen molar-refractivity contribution in [1.29, 1.82) is 0 Å². The fourth-order valence-electron chi connectivity index (χ4n) is 1.37. The maximum atomic E-state index is 12.2. The molecule has 0 radical (unpaired) electrons. The minimum absolute atomic E-state index is 0.116. The maximum Gasteiger partial charge on any atom is 0.288 e. The number of H-pyrrole nitrogens is 1. The molecule has 21 heavy (non-hydrogen) atoms. The van der Waals surface area contributed by atoms with Crippen molar-refractivity contribution < 1.29 is 13.6 Å². The molecular formula is C11H11F2N5OS2. The van der Waals surface area contributed by atoms with Crippen molar-refractivity contribution in [3.05, 3.63) is 24.3 Å². The molecule has 0 bridgehead atoms. The fraction of sp³-hybridized carbons (Fsp3) is 0.182. The minimum atomic E-state index is -2.46. The molecule has 1 aromatic heterocycles. The summed E-state index contributed by atoms with van der Waals surface area (Å²) in [6, 6.07) is 6.18. The standard InChI is InChI=1S/C11H11F2N5OS2/c12-9(13)21-7-3-1-6(2-4-7)15-8(19)5-20-11-16-10(14)17-18-11/h1-4,9H,5H2,(H,15,19)(H3,14,16,17,18). The van der Waals surface area contributed by atoms with E-state index in [1.165, 1.54) is 12.1 Å². The first-order chi connectivity index (χ1) is 10.0. The van der Waals surface area contributed by atoms with Crippen LogP contribution in [-0.4, -0.2) is 32.6 Å². The third kappa shape index (κ3) is 5.23. The van der Waals surface area contributed by atoms with Crippen LogP contribution >= 0.6 is 23.5 Å². The molecule has 0 aliphatic heterocycles. The van der Waals surface area contributed by atoms with Crippen LogP contribution < -0.4 is 11.1 Å². The topological polar surface area (TPSA) is 96.7 Å². The molecule has 0 spiro atoms. The average Bonchev–Trinajstić information content (AvgIpc) is 2.84. The lowest BCUT2D eigenvalue weighted by Crippen LogP contribution is -2.14. The van der Waals surface area contributed by atoms with Crippen LogP contribution in [0.1, 0.15) is 0 Å². The highest BCUT2D eigenvalue weighted by atomic mass is 32.2. The van der Waals surface area contributed by atoms with Crippen molar-refractivity contribution in [2.75, 3.05) is 16.8 Å². The van der Waals surface area contributed by atoms with Crippen LogP contribution in [0.15, 0.2) is 34.3 Å². The Morgan fingerprint density at radius 1 is 1.38 bits per heavy atom. The molecule has 2 rings (SSSR count). The largest absolute Gasteiger partial charge is 0.368 e. The van der Waals surface area contributed by atoms with Gasteiger partial charge in [0.25, 0.3) is 5.76 Å². The second-order valence-corrected chi connectivity index (χ2v) is 5.75. The fourth-order valence-corrected chi connectivity index (χ4v) is 2.47. The van der Waals surface area contributed by atoms with Gasteiger partial charge in [-0.1, -0.05) is 23.5 Å². The number of alkyl halides is 2. The van der Waals surface area contributed by atoms with E-state index in [0.29, 0.717) is 27.5 Å². The van der Waals surface area contributed by atoms with E-state index in [1.807, 2.05) is 0 Å². The lowest BCUT2D eigenvalue weighted by Gasteiger charge is -2.05. The van der Waals surface area contributed by atoms with E-state index in [4.69, 9.17) is 5.73 Å². The lowest BCUT2D eigenvalue weighted by molar-refractivity contribution is -0.113. The summed E-state index contributed by atoms with van der Waals surface area (Å²) in [5.41, 5.74) is 5.89. The highest BCUT2D eigenvalue weighted by molar-refractivity contribution is 8.00. The van der Waals surface area contributed by atoms with Crippen LogP contribution in [0.5, 0.6) is 0 Å². The Morgan fingerprint density at radius 3 is 2.67 bits per heavy atom. The average molecular weight is 331 g/mol. The second-order valence-electron chi connectivity index (χ2n) is 3.74. The molecule has 1 aromatic carbocycles. The van der Waals surface area contributed by atoms with E-state index >= 15 is 0 Å². The van der Waals surface area contributed by atoms with Crippen LogP contribution in [0.3, 0.4) is 0 Å². The van der Waals surface area contributed by atoms with Gasteiger partial charge in [-0.3, -0.25) is 4.79 Å². The van der Waals surface area contributed by atoms with Gasteiger partial charge < -0.3 is 11.1 Å². The number of nitrogens with one attached hydrogen (secondary N) is 2. The predicted molar refractivity (Wildman–Crippen MR) is 78.5 cm³/mol. The highest BCUT2D eigenvalue weighted by Crippen LogP contribution is 2.26. The molecule has 10 heteroatoms. The van der Waals surface area contributed by atoms with E-state index in [1.54, 1.807) is 12.1 Å². The first-order valence-electron chi connectivity index (χ1n) is 5.68. The molecule has 1 amide bonds. The SMILES string of the molecule is Nc1nc(SCC(=O)Nc2ccc(SC(F)F)cc2)n[nH]1. The number of rotatable bonds is 6. The van der Waals surface area contributed by atoms with E-state index in [2.05, 4.69) is 20.5 Å². The van der Waals surface area contributed by atoms with Crippen molar-refractivity contribution in [3.63, 3.8) is 0 Å². The van der Waals surface area contributed by atoms with Crippen LogP contribution in [0.25, 0.3) is 0 Å². The Bertz CT molecular complexity index is 605. The van der Waals surface area contributed by atoms with Crippen molar-refractivity contribution in [2.24, 2.45) is 0 Å². The zero-order valence-corrected chi connectivity index (χ0v) is 12.2. The molecule has 4 N–H and O–H groups in total. The van der Waals surface area contributed by atoms with Gasteiger partial charge in [-0.25, -0.2) is 5.10 Å². The number of carbonyl (C=O) groups is 1. The number of aromatic amines is 1. The number of halogens is 2. The molecule has 0 saturated carbocycles. The van der Waals surface area contributed by atoms with Gasteiger partial charge in [0.1, 0.15) is 0 Å². The van der Waals surface area contributed by atoms with Crippen molar-refractivity contribution in [2.45, 2.75) is 15.8 Å². The Balaban J connectivity index is 1.82. The normalized spacial score (nSPS) is 10.8. The number of hydrogen-bond donors (Lipinski definition) is 3. The Hall–Kier alpha value is -1.81. The summed E-state index contributed by atoms with van der Waals surface area (Å²) in [6.45, 7) is 0. The molecule has 112 valence electrons. The van der Waals surface area contributed by atoms with Crippen LogP contribution in [0, 0.1) is 0 Å². The number of nitrogen functional groups attached to an aromatic ring is 1. The summed E-state index contributed by atoms with van der Waals surface area (Å²) in [5, 5.41) is 9.27. The zero-order valence-electron chi connectivity index (χ0n) is 10.5. The molecule has 1 heterocycles. The number of amides is 1. The first-order valence-corrected chi connectivity index (χ1v) is 7.55. The van der Waals surface area contributed by atoms with Crippen molar-refractivity contribution in [3.8, 4) is 0 Å². The summed E-state index contributed by atoms with van der Waals surface area (Å²) in [6.07, 6.45) is 0. The third-order valence-corrected chi connectivity index (χ3v) is 3.75. The number of nitrogens with two attached hydrogens (primary N) is 1. The number of benzene rings is 1. The minimum Gasteiger partial charge on any atom is -0.368 e. The van der Waals surface area contributed by atoms with E-state index in [-0.39, 0.29) is 17.6 Å². The van der Waals surface area contributed by atoms with Crippen molar-refractivity contribution in [1.82, 2.24) is 15.2 Å². The molecule has 0 saturated heterocycles. The number of hydrogen-bond acceptors (Lipinski definition) is 6. The molecule has 0 unspecified atom stereocenters. The van der Waals surface area contributed by atoms with Gasteiger partial charge in [0.15, 0.2) is 0 Å². The molecule has 0 fully saturated rings. The first kappa shape index (κ1) is 15.6. The quantitative estimate of drug-likeness (QED) is 0.704. The number of aromatic nitrogens is 3. The monoisotopic (exact) mass is 331 g/mol. The van der Waals surface area contributed by atoms with Gasteiger partial charge in [-0.2, -0.15) is 13.8 Å². The van der Waals surface area contributed by atoms with Gasteiger partial charge in [-0.15, -0.1) is 5.10 Å². The molecular weight excluding hydrogens is 320 g/mol. The number of carbonyl (C=O) groups excluding carboxylic acids is 1. The maximum absolute atomic E-state index is 12.2. The van der Waals surface area contributed by atoms with Gasteiger partial charge in [0, 0.05) is 10.6 Å². The molecule has 6 nitrogen and oxygen atoms in total. The Labute approximate surface area is 127 Å². The molecule has 0 aliphatic rings. The van der Waals surface area contributed by atoms with Crippen LogP contribution in [0.2, 0.25) is 0 Å². The van der Waals surface area contributed by atoms with Gasteiger partial charge >= 0.3 is 0 Å². The summed E-state index contributed by atoms with van der Waals surface area (Å²) in [5.74, 6) is -2.41. The predicted octanol–water partition coefficient (Wildman–Crippen LogP) is 2.43. The van der Waals surface area contributed by atoms with Gasteiger partial charge in [-0.05, 0) is 24.3 Å². The Morgan fingerprint density at radius 2 is 2.10 bits per heavy atom. The van der Waals surface area contributed by atoms with Crippen LogP contribution in [0.4, 0.5) is 20.4 Å². The Kier molecular flexibility index (Phi) is 5.39. The van der Waals surface area contributed by atoms with Gasteiger partial charge in [0.05, 0.1) is 5.75 Å². The molecule has 2 aromatic rings. The van der Waals surface area contributed by atoms with E-state index < -0.39 is 5.76 Å². The molecule has 0 aliphatic carbocycles. The summed E-state index contributed by atoms with van der Waals surface area (Å²) < 4.78 is 24.3. The number of anilines is 2. The van der Waals surface area contributed by atoms with Crippen LogP contribution in [-0.2, 0) is 4.79 Å². The van der Waals surface area contributed by atoms with E-state index in [9.17, 15) is 13.6 Å². The summed E-state index contributed by atoms with van der Waals surface area (Å²) >= 11 is 1.59. The van der Waals surface area contributed by atoms with E-state index in [0.717, 1.165) is 11.8 Å². The number of thioether (sulfide) groups is 2. The lowest BCUT2D eigenvalue weighted by atomic mass is 10.3. The smallest absolute Gasteiger partial charge is 0.288 e. The summed E-state index contributed by atoms with van der Waals surface area (Å²) in [4.78, 5) is 16.0. The zero-order chi connectivity index (χ0) is 15.2. The van der Waals surface area contributed by atoms with Crippen molar-refractivity contribution >= 4 is 41.1 Å². The molecule has 0 atom stereocenters. The summed E-state index contributed by atoms with van der Waals surface area (Å²) in [7, 11) is 0. The highest BCUT2D eigenvalue weighted by Gasteiger charge is 2.08. The van der Waals surface area contributed by atoms with Gasteiger partial charge in [0.2, 0.25) is 17.0 Å². The number of nitrogens with zero attached hydrogens (tertiary/aromatic N) is 2.